The van der Waals surface area contributed by atoms with Crippen LogP contribution in [-0.4, -0.2) is 34.2 Å². The van der Waals surface area contributed by atoms with Gasteiger partial charge in [0, 0.05) is 24.7 Å². The van der Waals surface area contributed by atoms with E-state index >= 15 is 0 Å². The molecule has 0 saturated carbocycles. The molecule has 1 unspecified atom stereocenters. The van der Waals surface area contributed by atoms with Crippen LogP contribution >= 0.6 is 11.3 Å². The van der Waals surface area contributed by atoms with Crippen molar-refractivity contribution in [3.63, 3.8) is 0 Å². The van der Waals surface area contributed by atoms with Crippen LogP contribution in [0.3, 0.4) is 0 Å². The van der Waals surface area contributed by atoms with Crippen LogP contribution in [0, 0.1) is 0 Å². The number of aliphatic hydroxyl groups is 1. The molecule has 5 nitrogen and oxygen atoms in total. The van der Waals surface area contributed by atoms with Gasteiger partial charge in [0.2, 0.25) is 5.88 Å². The molecule has 2 heterocycles. The van der Waals surface area contributed by atoms with Crippen molar-refractivity contribution in [2.24, 2.45) is 0 Å². The van der Waals surface area contributed by atoms with Gasteiger partial charge in [-0.25, -0.2) is 0 Å². The lowest BCUT2D eigenvalue weighted by atomic mass is 10.3. The summed E-state index contributed by atoms with van der Waals surface area (Å²) in [5, 5.41) is 14.7. The molecule has 94 valence electrons. The Labute approximate surface area is 104 Å². The first-order chi connectivity index (χ1) is 8.26. The van der Waals surface area contributed by atoms with E-state index in [2.05, 4.69) is 10.3 Å². The Morgan fingerprint density at radius 1 is 1.65 bits per heavy atom. The zero-order chi connectivity index (χ0) is 12.3. The van der Waals surface area contributed by atoms with Gasteiger partial charge in [0.15, 0.2) is 4.96 Å². The van der Waals surface area contributed by atoms with E-state index in [1.807, 2.05) is 22.9 Å². The predicted octanol–water partition coefficient (Wildman–Crippen LogP) is 1.26. The lowest BCUT2D eigenvalue weighted by Gasteiger charge is -2.09. The Hall–Kier alpha value is -1.11. The van der Waals surface area contributed by atoms with E-state index in [9.17, 15) is 5.11 Å². The van der Waals surface area contributed by atoms with Crippen LogP contribution in [0.2, 0.25) is 0 Å². The topological polar surface area (TPSA) is 58.8 Å². The van der Waals surface area contributed by atoms with Crippen molar-refractivity contribution < 1.29 is 9.84 Å². The molecular weight excluding hydrogens is 238 g/mol. The number of thiazole rings is 1. The number of imidazole rings is 1. The number of fused-ring (bicyclic) bond motifs is 1. The maximum absolute atomic E-state index is 9.47. The van der Waals surface area contributed by atoms with Crippen LogP contribution in [0.4, 0.5) is 0 Å². The Balaban J connectivity index is 2.08. The average molecular weight is 255 g/mol. The third-order valence-electron chi connectivity index (χ3n) is 2.66. The molecule has 0 aliphatic heterocycles. The van der Waals surface area contributed by atoms with Crippen molar-refractivity contribution in [1.82, 2.24) is 14.7 Å². The molecule has 0 aromatic carbocycles. The highest BCUT2D eigenvalue weighted by atomic mass is 32.1. The molecule has 2 aromatic heterocycles. The monoisotopic (exact) mass is 255 g/mol. The van der Waals surface area contributed by atoms with Crippen LogP contribution < -0.4 is 10.1 Å². The number of ether oxygens (including phenoxy) is 1. The van der Waals surface area contributed by atoms with Gasteiger partial charge in [-0.1, -0.05) is 6.92 Å². The van der Waals surface area contributed by atoms with Gasteiger partial charge >= 0.3 is 0 Å². The number of aromatic nitrogens is 2. The van der Waals surface area contributed by atoms with Gasteiger partial charge in [-0.3, -0.25) is 4.40 Å². The largest absolute Gasteiger partial charge is 0.480 e. The molecule has 2 N–H and O–H groups in total. The first kappa shape index (κ1) is 12.3. The van der Waals surface area contributed by atoms with E-state index in [0.29, 0.717) is 19.0 Å². The number of hydrogen-bond donors (Lipinski definition) is 2. The number of nitrogens with one attached hydrogen (secondary N) is 1. The van der Waals surface area contributed by atoms with Crippen LogP contribution in [0.5, 0.6) is 5.88 Å². The molecule has 2 aromatic rings. The Bertz CT molecular complexity index is 480. The van der Waals surface area contributed by atoms with E-state index in [1.54, 1.807) is 18.4 Å². The molecule has 0 spiro atoms. The molecule has 6 heteroatoms. The first-order valence-corrected chi connectivity index (χ1v) is 6.51. The molecular formula is C11H17N3O2S. The summed E-state index contributed by atoms with van der Waals surface area (Å²) in [4.78, 5) is 5.29. The molecule has 0 fully saturated rings. The van der Waals surface area contributed by atoms with Gasteiger partial charge in [-0.2, -0.15) is 4.98 Å². The maximum Gasteiger partial charge on any atom is 0.237 e. The van der Waals surface area contributed by atoms with E-state index in [4.69, 9.17) is 4.74 Å². The highest BCUT2D eigenvalue weighted by Gasteiger charge is 2.13. The maximum atomic E-state index is 9.47. The molecule has 0 aliphatic rings. The number of nitrogens with zero attached hydrogens (tertiary/aromatic N) is 2. The standard InChI is InChI=1S/C11H17N3O2S/c1-3-8(15)6-12-7-9-10(16-2)13-11-14(9)4-5-17-11/h4-5,8,12,15H,3,6-7H2,1-2H3. The Kier molecular flexibility index (Phi) is 3.98. The number of methoxy groups -OCH3 is 1. The fourth-order valence-electron chi connectivity index (χ4n) is 1.64. The summed E-state index contributed by atoms with van der Waals surface area (Å²) in [6.45, 7) is 3.18. The fraction of sp³-hybridized carbons (Fsp3) is 0.545. The molecule has 0 radical (unpaired) electrons. The van der Waals surface area contributed by atoms with Crippen molar-refractivity contribution in [3.05, 3.63) is 17.3 Å². The van der Waals surface area contributed by atoms with Crippen molar-refractivity contribution in [3.8, 4) is 5.88 Å². The lowest BCUT2D eigenvalue weighted by molar-refractivity contribution is 0.167. The van der Waals surface area contributed by atoms with Crippen molar-refractivity contribution >= 4 is 16.3 Å². The minimum Gasteiger partial charge on any atom is -0.480 e. The third kappa shape index (κ3) is 2.59. The van der Waals surface area contributed by atoms with Crippen LogP contribution in [0.1, 0.15) is 19.0 Å². The summed E-state index contributed by atoms with van der Waals surface area (Å²) in [5.41, 5.74) is 0.993. The smallest absolute Gasteiger partial charge is 0.237 e. The minimum atomic E-state index is -0.299. The second-order valence-electron chi connectivity index (χ2n) is 3.82. The highest BCUT2D eigenvalue weighted by Crippen LogP contribution is 2.22. The summed E-state index contributed by atoms with van der Waals surface area (Å²) in [5.74, 6) is 0.648. The molecule has 0 bridgehead atoms. The Morgan fingerprint density at radius 2 is 2.47 bits per heavy atom. The van der Waals surface area contributed by atoms with Crippen molar-refractivity contribution in [2.75, 3.05) is 13.7 Å². The van der Waals surface area contributed by atoms with Crippen molar-refractivity contribution in [2.45, 2.75) is 26.0 Å². The van der Waals surface area contributed by atoms with Crippen LogP contribution in [0.25, 0.3) is 4.96 Å². The predicted molar refractivity (Wildman–Crippen MR) is 67.6 cm³/mol. The minimum absolute atomic E-state index is 0.299. The van der Waals surface area contributed by atoms with Gasteiger partial charge < -0.3 is 15.2 Å². The van der Waals surface area contributed by atoms with Gasteiger partial charge in [-0.15, -0.1) is 11.3 Å². The average Bonchev–Trinajstić information content (AvgIpc) is 2.90. The van der Waals surface area contributed by atoms with Crippen LogP contribution in [-0.2, 0) is 6.54 Å². The summed E-state index contributed by atoms with van der Waals surface area (Å²) in [6.07, 6.45) is 2.43. The molecule has 17 heavy (non-hydrogen) atoms. The van der Waals surface area contributed by atoms with Gasteiger partial charge in [-0.05, 0) is 6.42 Å². The summed E-state index contributed by atoms with van der Waals surface area (Å²) < 4.78 is 7.25. The van der Waals surface area contributed by atoms with E-state index in [1.165, 1.54) is 0 Å². The lowest BCUT2D eigenvalue weighted by Crippen LogP contribution is -2.26. The summed E-state index contributed by atoms with van der Waals surface area (Å²) in [6, 6.07) is 0. The van der Waals surface area contributed by atoms with Gasteiger partial charge in [0.25, 0.3) is 0 Å². The second-order valence-corrected chi connectivity index (χ2v) is 4.69. The van der Waals surface area contributed by atoms with E-state index < -0.39 is 0 Å². The highest BCUT2D eigenvalue weighted by molar-refractivity contribution is 7.15. The first-order valence-electron chi connectivity index (χ1n) is 5.63. The molecule has 0 amide bonds. The molecule has 0 saturated heterocycles. The fourth-order valence-corrected chi connectivity index (χ4v) is 2.36. The molecule has 2 rings (SSSR count). The van der Waals surface area contributed by atoms with E-state index in [-0.39, 0.29) is 6.10 Å². The SMILES string of the molecule is CCC(O)CNCc1c(OC)nc2sccn12. The summed E-state index contributed by atoms with van der Waals surface area (Å²) >= 11 is 1.58. The zero-order valence-electron chi connectivity index (χ0n) is 10.0. The number of hydrogen-bond acceptors (Lipinski definition) is 5. The normalized spacial score (nSPS) is 13.1. The van der Waals surface area contributed by atoms with E-state index in [0.717, 1.165) is 17.1 Å². The van der Waals surface area contributed by atoms with Crippen molar-refractivity contribution in [1.29, 1.82) is 0 Å². The third-order valence-corrected chi connectivity index (χ3v) is 3.42. The second kappa shape index (κ2) is 5.48. The Morgan fingerprint density at radius 3 is 3.18 bits per heavy atom. The van der Waals surface area contributed by atoms with Gasteiger partial charge in [0.1, 0.15) is 5.69 Å². The number of aliphatic hydroxyl groups excluding tert-OH is 1. The zero-order valence-corrected chi connectivity index (χ0v) is 10.8. The number of rotatable bonds is 6. The van der Waals surface area contributed by atoms with Crippen LogP contribution in [0.15, 0.2) is 11.6 Å². The molecule has 1 atom stereocenters. The summed E-state index contributed by atoms with van der Waals surface area (Å²) in [7, 11) is 1.62. The quantitative estimate of drug-likeness (QED) is 0.816. The molecule has 0 aliphatic carbocycles. The van der Waals surface area contributed by atoms with Gasteiger partial charge in [0.05, 0.1) is 13.2 Å².